The number of aryl methyl sites for hydroxylation is 1. The number of pyridine rings is 1. The molecule has 2 aliphatic rings. The van der Waals surface area contributed by atoms with Crippen LogP contribution in [-0.2, 0) is 6.54 Å². The number of carbonyl (C=O) groups is 1. The van der Waals surface area contributed by atoms with Crippen LogP contribution < -0.4 is 15.4 Å². The van der Waals surface area contributed by atoms with Crippen LogP contribution in [0.15, 0.2) is 73.4 Å². The fourth-order valence-corrected chi connectivity index (χ4v) is 5.17. The van der Waals surface area contributed by atoms with Gasteiger partial charge in [0.1, 0.15) is 23.6 Å². The summed E-state index contributed by atoms with van der Waals surface area (Å²) in [6.45, 7) is 2.60. The number of imidazole rings is 1. The second kappa shape index (κ2) is 10.8. The van der Waals surface area contributed by atoms with Crippen molar-refractivity contribution in [3.8, 4) is 23.0 Å². The summed E-state index contributed by atoms with van der Waals surface area (Å²) in [6, 6.07) is 17.8. The summed E-state index contributed by atoms with van der Waals surface area (Å²) < 4.78 is 9.36. The molecule has 2 aliphatic carbocycles. The highest BCUT2D eigenvalue weighted by molar-refractivity contribution is 6.08. The Morgan fingerprint density at radius 3 is 2.64 bits per heavy atom. The third kappa shape index (κ3) is 5.35. The van der Waals surface area contributed by atoms with E-state index in [1.165, 1.54) is 12.8 Å². The van der Waals surface area contributed by atoms with Crippen LogP contribution in [0.1, 0.15) is 64.8 Å². The van der Waals surface area contributed by atoms with E-state index in [0.29, 0.717) is 41.4 Å². The zero-order valence-corrected chi connectivity index (χ0v) is 23.6. The molecule has 212 valence electrons. The number of hydrogen-bond acceptors (Lipinski definition) is 7. The largest absolute Gasteiger partial charge is 0.497 e. The van der Waals surface area contributed by atoms with E-state index < -0.39 is 0 Å². The Labute approximate surface area is 243 Å². The van der Waals surface area contributed by atoms with Gasteiger partial charge in [0.2, 0.25) is 0 Å². The minimum absolute atomic E-state index is 0.260. The molecule has 0 bridgehead atoms. The summed E-state index contributed by atoms with van der Waals surface area (Å²) >= 11 is 0. The molecular weight excluding hydrogens is 528 g/mol. The van der Waals surface area contributed by atoms with Gasteiger partial charge in [0.25, 0.3) is 5.91 Å². The molecule has 2 N–H and O–H groups in total. The number of nitrogens with zero attached hydrogens (tertiary/aromatic N) is 6. The van der Waals surface area contributed by atoms with Crippen molar-refractivity contribution >= 4 is 17.4 Å². The number of hydrogen-bond donors (Lipinski definition) is 2. The third-order valence-electron chi connectivity index (χ3n) is 7.83. The molecule has 0 aliphatic heterocycles. The molecule has 2 saturated carbocycles. The molecule has 3 heterocycles. The predicted molar refractivity (Wildman–Crippen MR) is 160 cm³/mol. The van der Waals surface area contributed by atoms with Crippen molar-refractivity contribution in [2.75, 3.05) is 17.7 Å². The summed E-state index contributed by atoms with van der Waals surface area (Å²) in [7, 11) is 1.65. The average molecular weight is 561 g/mol. The van der Waals surface area contributed by atoms with Gasteiger partial charge in [-0.15, -0.1) is 10.2 Å². The first-order valence-electron chi connectivity index (χ1n) is 14.3. The van der Waals surface area contributed by atoms with Gasteiger partial charge >= 0.3 is 0 Å². The maximum atomic E-state index is 13.9. The molecule has 5 aromatic rings. The van der Waals surface area contributed by atoms with E-state index >= 15 is 0 Å². The number of amides is 1. The second-order valence-electron chi connectivity index (χ2n) is 11.0. The van der Waals surface area contributed by atoms with Crippen molar-refractivity contribution in [1.82, 2.24) is 29.3 Å². The SMILES string of the molecule is COc1ccc(CNc2cc(C)c(-n3cnc(C4CC4)c3)cc2C(=O)Nc2cccc(-c3nncn3C3CC3)n2)cc1. The molecule has 0 radical (unpaired) electrons. The van der Waals surface area contributed by atoms with E-state index in [-0.39, 0.29) is 5.91 Å². The van der Waals surface area contributed by atoms with Gasteiger partial charge in [-0.2, -0.15) is 0 Å². The number of aromatic nitrogens is 6. The van der Waals surface area contributed by atoms with Crippen molar-refractivity contribution in [3.05, 3.63) is 95.8 Å². The maximum absolute atomic E-state index is 13.9. The van der Waals surface area contributed by atoms with Crippen molar-refractivity contribution in [3.63, 3.8) is 0 Å². The fraction of sp³-hybridized carbons (Fsp3) is 0.281. The molecule has 7 rings (SSSR count). The minimum atomic E-state index is -0.260. The smallest absolute Gasteiger partial charge is 0.258 e. The van der Waals surface area contributed by atoms with E-state index in [0.717, 1.165) is 46.8 Å². The first-order chi connectivity index (χ1) is 20.6. The highest BCUT2D eigenvalue weighted by Gasteiger charge is 2.28. The Morgan fingerprint density at radius 2 is 1.88 bits per heavy atom. The normalized spacial score (nSPS) is 14.5. The van der Waals surface area contributed by atoms with Crippen LogP contribution in [0.2, 0.25) is 0 Å². The number of rotatable bonds is 10. The minimum Gasteiger partial charge on any atom is -0.497 e. The van der Waals surface area contributed by atoms with Gasteiger partial charge < -0.3 is 24.5 Å². The summed E-state index contributed by atoms with van der Waals surface area (Å²) in [6.07, 6.45) is 10.3. The number of methoxy groups -OCH3 is 1. The molecule has 0 spiro atoms. The zero-order chi connectivity index (χ0) is 28.6. The van der Waals surface area contributed by atoms with Gasteiger partial charge in [-0.3, -0.25) is 4.79 Å². The van der Waals surface area contributed by atoms with E-state index in [9.17, 15) is 4.79 Å². The lowest BCUT2D eigenvalue weighted by molar-refractivity contribution is 0.102. The first-order valence-corrected chi connectivity index (χ1v) is 14.3. The summed E-state index contributed by atoms with van der Waals surface area (Å²) in [5, 5.41) is 14.9. The number of ether oxygens (including phenoxy) is 1. The third-order valence-corrected chi connectivity index (χ3v) is 7.83. The Kier molecular flexibility index (Phi) is 6.65. The number of benzene rings is 2. The summed E-state index contributed by atoms with van der Waals surface area (Å²) in [5.41, 5.74) is 6.03. The van der Waals surface area contributed by atoms with Crippen LogP contribution in [0.5, 0.6) is 5.75 Å². The molecule has 0 atom stereocenters. The van der Waals surface area contributed by atoms with E-state index in [2.05, 4.69) is 36.6 Å². The molecular formula is C32H32N8O2. The van der Waals surface area contributed by atoms with Crippen molar-refractivity contribution in [1.29, 1.82) is 0 Å². The van der Waals surface area contributed by atoms with Gasteiger partial charge in [-0.1, -0.05) is 18.2 Å². The van der Waals surface area contributed by atoms with Gasteiger partial charge in [0.15, 0.2) is 5.82 Å². The monoisotopic (exact) mass is 560 g/mol. The molecule has 0 unspecified atom stereocenters. The lowest BCUT2D eigenvalue weighted by atomic mass is 10.1. The Morgan fingerprint density at radius 1 is 1.05 bits per heavy atom. The Balaban J connectivity index is 1.19. The lowest BCUT2D eigenvalue weighted by Crippen LogP contribution is -2.17. The predicted octanol–water partition coefficient (Wildman–Crippen LogP) is 5.92. The number of nitrogens with one attached hydrogen (secondary N) is 2. The Bertz CT molecular complexity index is 1750. The highest BCUT2D eigenvalue weighted by Crippen LogP contribution is 2.39. The van der Waals surface area contributed by atoms with Crippen LogP contribution in [0, 0.1) is 6.92 Å². The average Bonchev–Trinajstić information content (AvgIpc) is 3.95. The van der Waals surface area contributed by atoms with E-state index in [1.54, 1.807) is 19.5 Å². The standard InChI is InChI=1S/C32H32N8O2/c1-20-14-27(33-16-21-6-12-24(42-2)13-7-21)25(15-29(20)39-17-28(34-18-39)22-8-9-22)32(41)37-30-5-3-4-26(36-30)31-38-35-19-40(31)23-10-11-23/h3-7,12-15,17-19,22-23,33H,8-11,16H2,1-2H3,(H,36,37,41). The molecule has 10 heteroatoms. The van der Waals surface area contributed by atoms with E-state index in [4.69, 9.17) is 9.72 Å². The van der Waals surface area contributed by atoms with Gasteiger partial charge in [0.05, 0.1) is 30.4 Å². The van der Waals surface area contributed by atoms with Crippen molar-refractivity contribution < 1.29 is 9.53 Å². The molecule has 2 fully saturated rings. The lowest BCUT2D eigenvalue weighted by Gasteiger charge is -2.17. The quantitative estimate of drug-likeness (QED) is 0.218. The highest BCUT2D eigenvalue weighted by atomic mass is 16.5. The topological polar surface area (TPSA) is 112 Å². The van der Waals surface area contributed by atoms with Crippen LogP contribution in [0.25, 0.3) is 17.2 Å². The number of carbonyl (C=O) groups excluding carboxylic acids is 1. The van der Waals surface area contributed by atoms with Crippen LogP contribution in [0.3, 0.4) is 0 Å². The molecule has 0 saturated heterocycles. The molecule has 2 aromatic carbocycles. The molecule has 3 aromatic heterocycles. The summed E-state index contributed by atoms with van der Waals surface area (Å²) in [5.74, 6) is 2.24. The van der Waals surface area contributed by atoms with Crippen molar-refractivity contribution in [2.45, 2.75) is 51.1 Å². The maximum Gasteiger partial charge on any atom is 0.258 e. The van der Waals surface area contributed by atoms with Crippen molar-refractivity contribution in [2.24, 2.45) is 0 Å². The Hall–Kier alpha value is -4.99. The van der Waals surface area contributed by atoms with E-state index in [1.807, 2.05) is 66.3 Å². The zero-order valence-electron chi connectivity index (χ0n) is 23.6. The first kappa shape index (κ1) is 25.9. The fourth-order valence-electron chi connectivity index (χ4n) is 5.17. The van der Waals surface area contributed by atoms with Crippen LogP contribution in [0.4, 0.5) is 11.5 Å². The van der Waals surface area contributed by atoms with Gasteiger partial charge in [-0.05, 0) is 80.1 Å². The second-order valence-corrected chi connectivity index (χ2v) is 11.0. The molecule has 42 heavy (non-hydrogen) atoms. The van der Waals surface area contributed by atoms with Gasteiger partial charge in [0, 0.05) is 30.4 Å². The summed E-state index contributed by atoms with van der Waals surface area (Å²) in [4.78, 5) is 23.2. The molecule has 1 amide bonds. The number of anilines is 2. The van der Waals surface area contributed by atoms with Gasteiger partial charge in [-0.25, -0.2) is 9.97 Å². The van der Waals surface area contributed by atoms with Crippen LogP contribution in [-0.4, -0.2) is 42.3 Å². The molecule has 10 nitrogen and oxygen atoms in total. The van der Waals surface area contributed by atoms with Crippen LogP contribution >= 0.6 is 0 Å².